The summed E-state index contributed by atoms with van der Waals surface area (Å²) in [7, 11) is 0. The Bertz CT molecular complexity index is 440. The molecule has 1 heterocycles. The third-order valence-electron chi connectivity index (χ3n) is 3.92. The standard InChI is InChI=1S/C17H28N4O/c1-2-3-4-5-10-19-17(22)20-15-6-8-16(9-7-15)21-13-11-18-12-14-21/h6-9,18H,2-5,10-14H2,1H3,(H2,19,20,22). The van der Waals surface area contributed by atoms with Crippen LogP contribution in [0.3, 0.4) is 0 Å². The molecule has 1 aliphatic heterocycles. The largest absolute Gasteiger partial charge is 0.369 e. The number of benzene rings is 1. The number of hydrogen-bond acceptors (Lipinski definition) is 3. The number of nitrogens with zero attached hydrogens (tertiary/aromatic N) is 1. The summed E-state index contributed by atoms with van der Waals surface area (Å²) in [5, 5.41) is 9.13. The van der Waals surface area contributed by atoms with Crippen molar-refractivity contribution in [2.45, 2.75) is 32.6 Å². The summed E-state index contributed by atoms with van der Waals surface area (Å²) in [6.07, 6.45) is 4.67. The number of hydrogen-bond donors (Lipinski definition) is 3. The fourth-order valence-electron chi connectivity index (χ4n) is 2.61. The fraction of sp³-hybridized carbons (Fsp3) is 0.588. The van der Waals surface area contributed by atoms with Gasteiger partial charge in [0, 0.05) is 44.1 Å². The third-order valence-corrected chi connectivity index (χ3v) is 3.92. The Morgan fingerprint density at radius 1 is 1.14 bits per heavy atom. The van der Waals surface area contributed by atoms with Gasteiger partial charge in [-0.3, -0.25) is 0 Å². The molecule has 0 unspecified atom stereocenters. The van der Waals surface area contributed by atoms with Crippen LogP contribution < -0.4 is 20.9 Å². The van der Waals surface area contributed by atoms with Crippen molar-refractivity contribution >= 4 is 17.4 Å². The van der Waals surface area contributed by atoms with E-state index in [1.165, 1.54) is 24.9 Å². The minimum absolute atomic E-state index is 0.119. The van der Waals surface area contributed by atoms with E-state index in [2.05, 4.69) is 39.9 Å². The summed E-state index contributed by atoms with van der Waals surface area (Å²) in [5.41, 5.74) is 2.05. The van der Waals surface area contributed by atoms with Crippen molar-refractivity contribution in [3.8, 4) is 0 Å². The number of unbranched alkanes of at least 4 members (excludes halogenated alkanes) is 3. The first-order valence-electron chi connectivity index (χ1n) is 8.40. The highest BCUT2D eigenvalue weighted by molar-refractivity contribution is 5.89. The van der Waals surface area contributed by atoms with Crippen molar-refractivity contribution in [3.05, 3.63) is 24.3 Å². The fourth-order valence-corrected chi connectivity index (χ4v) is 2.61. The van der Waals surface area contributed by atoms with Crippen LogP contribution in [0.1, 0.15) is 32.6 Å². The molecule has 0 aromatic heterocycles. The first-order valence-corrected chi connectivity index (χ1v) is 8.40. The molecule has 2 rings (SSSR count). The van der Waals surface area contributed by atoms with E-state index in [0.717, 1.165) is 44.8 Å². The highest BCUT2D eigenvalue weighted by Gasteiger charge is 2.10. The molecule has 5 nitrogen and oxygen atoms in total. The van der Waals surface area contributed by atoms with Gasteiger partial charge in [0.05, 0.1) is 0 Å². The molecule has 0 saturated carbocycles. The molecular weight excluding hydrogens is 276 g/mol. The number of anilines is 2. The minimum atomic E-state index is -0.119. The maximum Gasteiger partial charge on any atom is 0.319 e. The predicted octanol–water partition coefficient (Wildman–Crippen LogP) is 2.80. The van der Waals surface area contributed by atoms with Gasteiger partial charge in [-0.2, -0.15) is 0 Å². The van der Waals surface area contributed by atoms with Gasteiger partial charge in [-0.1, -0.05) is 26.2 Å². The van der Waals surface area contributed by atoms with E-state index in [-0.39, 0.29) is 6.03 Å². The lowest BCUT2D eigenvalue weighted by Gasteiger charge is -2.29. The lowest BCUT2D eigenvalue weighted by Crippen LogP contribution is -2.43. The zero-order valence-electron chi connectivity index (χ0n) is 13.5. The maximum absolute atomic E-state index is 11.8. The van der Waals surface area contributed by atoms with Crippen molar-refractivity contribution < 1.29 is 4.79 Å². The van der Waals surface area contributed by atoms with E-state index < -0.39 is 0 Å². The van der Waals surface area contributed by atoms with E-state index in [1.807, 2.05) is 12.1 Å². The van der Waals surface area contributed by atoms with Crippen LogP contribution in [-0.2, 0) is 0 Å². The number of rotatable bonds is 7. The Morgan fingerprint density at radius 3 is 2.55 bits per heavy atom. The summed E-state index contributed by atoms with van der Waals surface area (Å²) < 4.78 is 0. The average molecular weight is 304 g/mol. The molecule has 3 N–H and O–H groups in total. The third kappa shape index (κ3) is 5.56. The van der Waals surface area contributed by atoms with Crippen LogP contribution in [0.2, 0.25) is 0 Å². The molecule has 0 spiro atoms. The Kier molecular flexibility index (Phi) is 7.03. The highest BCUT2D eigenvalue weighted by Crippen LogP contribution is 2.18. The van der Waals surface area contributed by atoms with Crippen LogP contribution in [0.5, 0.6) is 0 Å². The van der Waals surface area contributed by atoms with Crippen molar-refractivity contribution in [2.75, 3.05) is 42.9 Å². The number of piperazine rings is 1. The molecule has 5 heteroatoms. The van der Waals surface area contributed by atoms with Gasteiger partial charge >= 0.3 is 6.03 Å². The zero-order chi connectivity index (χ0) is 15.6. The highest BCUT2D eigenvalue weighted by atomic mass is 16.2. The molecule has 2 amide bonds. The molecule has 1 fully saturated rings. The SMILES string of the molecule is CCCCCCNC(=O)Nc1ccc(N2CCNCC2)cc1. The summed E-state index contributed by atoms with van der Waals surface area (Å²) in [4.78, 5) is 14.1. The summed E-state index contributed by atoms with van der Waals surface area (Å²) in [6, 6.07) is 7.96. The van der Waals surface area contributed by atoms with E-state index in [9.17, 15) is 4.79 Å². The smallest absolute Gasteiger partial charge is 0.319 e. The Balaban J connectivity index is 1.72. The predicted molar refractivity (Wildman–Crippen MR) is 92.7 cm³/mol. The normalized spacial score (nSPS) is 14.7. The van der Waals surface area contributed by atoms with E-state index in [0.29, 0.717) is 0 Å². The monoisotopic (exact) mass is 304 g/mol. The minimum Gasteiger partial charge on any atom is -0.369 e. The van der Waals surface area contributed by atoms with Gasteiger partial charge in [0.15, 0.2) is 0 Å². The van der Waals surface area contributed by atoms with E-state index in [1.54, 1.807) is 0 Å². The van der Waals surface area contributed by atoms with Crippen LogP contribution >= 0.6 is 0 Å². The second kappa shape index (κ2) is 9.30. The van der Waals surface area contributed by atoms with Crippen molar-refractivity contribution in [2.24, 2.45) is 0 Å². The van der Waals surface area contributed by atoms with Gasteiger partial charge < -0.3 is 20.9 Å². The number of carbonyl (C=O) groups excluding carboxylic acids is 1. The van der Waals surface area contributed by atoms with Gasteiger partial charge in [0.2, 0.25) is 0 Å². The van der Waals surface area contributed by atoms with Crippen LogP contribution in [0.25, 0.3) is 0 Å². The topological polar surface area (TPSA) is 56.4 Å². The second-order valence-electron chi connectivity index (χ2n) is 5.73. The molecule has 22 heavy (non-hydrogen) atoms. The molecule has 1 aromatic carbocycles. The molecule has 0 bridgehead atoms. The summed E-state index contributed by atoms with van der Waals surface area (Å²) >= 11 is 0. The second-order valence-corrected chi connectivity index (χ2v) is 5.73. The Labute approximate surface area is 133 Å². The molecule has 0 atom stereocenters. The number of nitrogens with one attached hydrogen (secondary N) is 3. The molecular formula is C17H28N4O. The van der Waals surface area contributed by atoms with E-state index in [4.69, 9.17) is 0 Å². The quantitative estimate of drug-likeness (QED) is 0.679. The van der Waals surface area contributed by atoms with E-state index >= 15 is 0 Å². The Hall–Kier alpha value is -1.75. The van der Waals surface area contributed by atoms with Gasteiger partial charge in [0.1, 0.15) is 0 Å². The van der Waals surface area contributed by atoms with Crippen molar-refractivity contribution in [1.29, 1.82) is 0 Å². The van der Waals surface area contributed by atoms with Crippen LogP contribution in [-0.4, -0.2) is 38.8 Å². The van der Waals surface area contributed by atoms with Crippen LogP contribution in [0.15, 0.2) is 24.3 Å². The average Bonchev–Trinajstić information content (AvgIpc) is 2.56. The molecule has 1 aromatic rings. The number of carbonyl (C=O) groups is 1. The summed E-state index contributed by atoms with van der Waals surface area (Å²) in [5.74, 6) is 0. The molecule has 1 aliphatic rings. The summed E-state index contributed by atoms with van der Waals surface area (Å²) in [6.45, 7) is 7.05. The van der Waals surface area contributed by atoms with Crippen LogP contribution in [0, 0.1) is 0 Å². The lowest BCUT2D eigenvalue weighted by atomic mass is 10.2. The molecule has 122 valence electrons. The van der Waals surface area contributed by atoms with Crippen molar-refractivity contribution in [1.82, 2.24) is 10.6 Å². The van der Waals surface area contributed by atoms with Crippen molar-refractivity contribution in [3.63, 3.8) is 0 Å². The van der Waals surface area contributed by atoms with Gasteiger partial charge in [-0.25, -0.2) is 4.79 Å². The lowest BCUT2D eigenvalue weighted by molar-refractivity contribution is 0.252. The van der Waals surface area contributed by atoms with Gasteiger partial charge in [-0.15, -0.1) is 0 Å². The van der Waals surface area contributed by atoms with Gasteiger partial charge in [-0.05, 0) is 30.7 Å². The first kappa shape index (κ1) is 16.6. The first-order chi connectivity index (χ1) is 10.8. The number of urea groups is 1. The van der Waals surface area contributed by atoms with Crippen LogP contribution in [0.4, 0.5) is 16.2 Å². The zero-order valence-corrected chi connectivity index (χ0v) is 13.5. The maximum atomic E-state index is 11.8. The molecule has 1 saturated heterocycles. The molecule has 0 aliphatic carbocycles. The molecule has 0 radical (unpaired) electrons. The Morgan fingerprint density at radius 2 is 1.86 bits per heavy atom. The number of amides is 2. The van der Waals surface area contributed by atoms with Gasteiger partial charge in [0.25, 0.3) is 0 Å².